The fraction of sp³-hybridized carbons (Fsp3) is 0.231. The molecule has 1 aromatic carbocycles. The van der Waals surface area contributed by atoms with E-state index < -0.39 is 0 Å². The number of nitrogens with zero attached hydrogens (tertiary/aromatic N) is 1. The van der Waals surface area contributed by atoms with Crippen LogP contribution in [0.25, 0.3) is 11.3 Å². The first-order valence-electron chi connectivity index (χ1n) is 5.20. The zero-order valence-corrected chi connectivity index (χ0v) is 11.2. The van der Waals surface area contributed by atoms with Crippen molar-refractivity contribution in [3.05, 3.63) is 34.2 Å². The molecule has 4 nitrogen and oxygen atoms in total. The van der Waals surface area contributed by atoms with Gasteiger partial charge in [-0.25, -0.2) is 4.98 Å². The van der Waals surface area contributed by atoms with Crippen molar-refractivity contribution in [2.24, 2.45) is 0 Å². The summed E-state index contributed by atoms with van der Waals surface area (Å²) >= 11 is 1.73. The average molecular weight is 263 g/mol. The van der Waals surface area contributed by atoms with E-state index >= 15 is 0 Å². The van der Waals surface area contributed by atoms with Gasteiger partial charge in [-0.3, -0.25) is 0 Å². The van der Waals surface area contributed by atoms with Crippen molar-refractivity contribution < 1.29 is 14.3 Å². The van der Waals surface area contributed by atoms with Gasteiger partial charge in [-0.1, -0.05) is 0 Å². The van der Waals surface area contributed by atoms with Gasteiger partial charge in [0.15, 0.2) is 0 Å². The summed E-state index contributed by atoms with van der Waals surface area (Å²) < 4.78 is 5.12. The maximum absolute atomic E-state index is 8.12. The van der Waals surface area contributed by atoms with Gasteiger partial charge in [-0.2, -0.15) is 9.59 Å². The Morgan fingerprint density at radius 3 is 2.11 bits per heavy atom. The highest BCUT2D eigenvalue weighted by Gasteiger charge is 2.06. The third-order valence-electron chi connectivity index (χ3n) is 2.27. The van der Waals surface area contributed by atoms with Crippen LogP contribution in [0.2, 0.25) is 0 Å². The molecule has 1 aromatic heterocycles. The molecule has 0 saturated carbocycles. The Morgan fingerprint density at radius 2 is 1.72 bits per heavy atom. The molecule has 0 unspecified atom stereocenters. The summed E-state index contributed by atoms with van der Waals surface area (Å²) in [6.45, 7) is 4.13. The molecule has 0 spiro atoms. The lowest BCUT2D eigenvalue weighted by Crippen LogP contribution is -1.84. The van der Waals surface area contributed by atoms with Crippen LogP contribution in [0.5, 0.6) is 5.75 Å². The lowest BCUT2D eigenvalue weighted by molar-refractivity contribution is -0.191. The van der Waals surface area contributed by atoms with Crippen molar-refractivity contribution >= 4 is 17.5 Å². The Morgan fingerprint density at radius 1 is 1.17 bits per heavy atom. The van der Waals surface area contributed by atoms with E-state index in [0.717, 1.165) is 22.0 Å². The minimum Gasteiger partial charge on any atom is -0.497 e. The van der Waals surface area contributed by atoms with Crippen molar-refractivity contribution in [2.45, 2.75) is 13.8 Å². The Kier molecular flexibility index (Phi) is 5.24. The summed E-state index contributed by atoms with van der Waals surface area (Å²) in [7, 11) is 1.67. The van der Waals surface area contributed by atoms with Crippen molar-refractivity contribution in [3.8, 4) is 17.0 Å². The van der Waals surface area contributed by atoms with Gasteiger partial charge in [0, 0.05) is 10.4 Å². The minimum absolute atomic E-state index is 0.250. The summed E-state index contributed by atoms with van der Waals surface area (Å²) in [5.74, 6) is 0.878. The third-order valence-corrected chi connectivity index (χ3v) is 3.15. The van der Waals surface area contributed by atoms with Crippen LogP contribution in [-0.2, 0) is 9.59 Å². The van der Waals surface area contributed by atoms with E-state index in [1.807, 2.05) is 31.2 Å². The van der Waals surface area contributed by atoms with Crippen LogP contribution < -0.4 is 4.74 Å². The van der Waals surface area contributed by atoms with Gasteiger partial charge in [-0.05, 0) is 38.1 Å². The number of hydrogen-bond donors (Lipinski definition) is 0. The van der Waals surface area contributed by atoms with E-state index in [0.29, 0.717) is 0 Å². The molecule has 0 fully saturated rings. The van der Waals surface area contributed by atoms with Crippen LogP contribution in [0.1, 0.15) is 9.88 Å². The number of aryl methyl sites for hydroxylation is 2. The fourth-order valence-electron chi connectivity index (χ4n) is 1.55. The lowest BCUT2D eigenvalue weighted by Gasteiger charge is -2.01. The van der Waals surface area contributed by atoms with Gasteiger partial charge in [-0.15, -0.1) is 11.3 Å². The number of benzene rings is 1. The van der Waals surface area contributed by atoms with Crippen LogP contribution in [0.15, 0.2) is 24.3 Å². The number of thiazole rings is 1. The Balaban J connectivity index is 0.000000492. The summed E-state index contributed by atoms with van der Waals surface area (Å²) in [4.78, 5) is 22.0. The van der Waals surface area contributed by atoms with E-state index in [1.54, 1.807) is 18.4 Å². The quantitative estimate of drug-likeness (QED) is 0.836. The molecular formula is C13H13NO3S. The second-order valence-corrected chi connectivity index (χ2v) is 4.86. The third kappa shape index (κ3) is 3.52. The van der Waals surface area contributed by atoms with Gasteiger partial charge < -0.3 is 4.74 Å². The molecule has 0 radical (unpaired) electrons. The Bertz CT molecular complexity index is 540. The second-order valence-electron chi connectivity index (χ2n) is 3.45. The summed E-state index contributed by atoms with van der Waals surface area (Å²) in [5.41, 5.74) is 2.23. The summed E-state index contributed by atoms with van der Waals surface area (Å²) in [6, 6.07) is 8.01. The highest BCUT2D eigenvalue weighted by Crippen LogP contribution is 2.28. The van der Waals surface area contributed by atoms with Gasteiger partial charge >= 0.3 is 6.15 Å². The monoisotopic (exact) mass is 263 g/mol. The molecule has 0 atom stereocenters. The summed E-state index contributed by atoms with van der Waals surface area (Å²) in [6.07, 6.45) is 0.250. The zero-order chi connectivity index (χ0) is 13.5. The molecule has 0 saturated heterocycles. The normalized spacial score (nSPS) is 9.06. The Hall–Kier alpha value is -1.97. The maximum atomic E-state index is 8.12. The van der Waals surface area contributed by atoms with Gasteiger partial charge in [0.05, 0.1) is 17.8 Å². The molecule has 0 bridgehead atoms. The van der Waals surface area contributed by atoms with Gasteiger partial charge in [0.1, 0.15) is 5.75 Å². The summed E-state index contributed by atoms with van der Waals surface area (Å²) in [5, 5.41) is 1.11. The van der Waals surface area contributed by atoms with Crippen molar-refractivity contribution in [3.63, 3.8) is 0 Å². The van der Waals surface area contributed by atoms with Gasteiger partial charge in [0.2, 0.25) is 0 Å². The van der Waals surface area contributed by atoms with E-state index in [4.69, 9.17) is 14.3 Å². The van der Waals surface area contributed by atoms with Gasteiger partial charge in [0.25, 0.3) is 0 Å². The molecule has 5 heteroatoms. The number of rotatable bonds is 2. The smallest absolute Gasteiger partial charge is 0.373 e. The number of hydrogen-bond acceptors (Lipinski definition) is 5. The molecule has 18 heavy (non-hydrogen) atoms. The molecular weight excluding hydrogens is 250 g/mol. The molecule has 1 heterocycles. The molecule has 0 aliphatic heterocycles. The van der Waals surface area contributed by atoms with E-state index in [-0.39, 0.29) is 6.15 Å². The van der Waals surface area contributed by atoms with Crippen molar-refractivity contribution in [2.75, 3.05) is 7.11 Å². The second kappa shape index (κ2) is 6.69. The van der Waals surface area contributed by atoms with E-state index in [1.165, 1.54) is 4.88 Å². The topological polar surface area (TPSA) is 56.3 Å². The highest BCUT2D eigenvalue weighted by atomic mass is 32.1. The maximum Gasteiger partial charge on any atom is 0.373 e. The highest BCUT2D eigenvalue weighted by molar-refractivity contribution is 7.11. The Labute approximate surface area is 109 Å². The van der Waals surface area contributed by atoms with Crippen LogP contribution >= 0.6 is 11.3 Å². The first-order chi connectivity index (χ1) is 8.62. The van der Waals surface area contributed by atoms with Crippen LogP contribution in [0.3, 0.4) is 0 Å². The average Bonchev–Trinajstić information content (AvgIpc) is 2.70. The molecule has 0 aliphatic carbocycles. The number of carbonyl (C=O) groups excluding carboxylic acids is 2. The van der Waals surface area contributed by atoms with Crippen LogP contribution in [-0.4, -0.2) is 18.2 Å². The number of methoxy groups -OCH3 is 1. The molecule has 0 N–H and O–H groups in total. The standard InChI is InChI=1S/C12H13NOS.CO2/c1-8-12(13-9(2)15-8)10-4-6-11(14-3)7-5-10;2-1-3/h4-7H,1-3H3;. The van der Waals surface area contributed by atoms with Crippen molar-refractivity contribution in [1.29, 1.82) is 0 Å². The lowest BCUT2D eigenvalue weighted by atomic mass is 10.1. The fourth-order valence-corrected chi connectivity index (χ4v) is 2.39. The predicted molar refractivity (Wildman–Crippen MR) is 68.6 cm³/mol. The first-order valence-corrected chi connectivity index (χ1v) is 6.01. The zero-order valence-electron chi connectivity index (χ0n) is 10.4. The van der Waals surface area contributed by atoms with Crippen molar-refractivity contribution in [1.82, 2.24) is 4.98 Å². The van der Waals surface area contributed by atoms with Crippen LogP contribution in [0, 0.1) is 13.8 Å². The minimum atomic E-state index is 0.250. The molecule has 0 amide bonds. The number of aromatic nitrogens is 1. The first kappa shape index (κ1) is 14.1. The van der Waals surface area contributed by atoms with E-state index in [9.17, 15) is 0 Å². The molecule has 0 aliphatic rings. The molecule has 94 valence electrons. The van der Waals surface area contributed by atoms with Crippen LogP contribution in [0.4, 0.5) is 0 Å². The SMILES string of the molecule is COc1ccc(-c2nc(C)sc2C)cc1.O=C=O. The molecule has 2 rings (SSSR count). The number of ether oxygens (including phenoxy) is 1. The largest absolute Gasteiger partial charge is 0.497 e. The predicted octanol–water partition coefficient (Wildman–Crippen LogP) is 2.85. The van der Waals surface area contributed by atoms with E-state index in [2.05, 4.69) is 11.9 Å². The molecule has 2 aromatic rings.